The lowest BCUT2D eigenvalue weighted by Gasteiger charge is -2.05. The summed E-state index contributed by atoms with van der Waals surface area (Å²) in [6, 6.07) is 19.1. The zero-order chi connectivity index (χ0) is 16.3. The molecular weight excluding hydrogens is 296 g/mol. The number of aryl methyl sites for hydroxylation is 2. The van der Waals surface area contributed by atoms with Gasteiger partial charge in [-0.05, 0) is 29.3 Å². The molecule has 0 fully saturated rings. The third-order valence-electron chi connectivity index (χ3n) is 4.80. The molecule has 0 saturated carbocycles. The third-order valence-corrected chi connectivity index (χ3v) is 4.80. The van der Waals surface area contributed by atoms with E-state index in [4.69, 9.17) is 4.42 Å². The van der Waals surface area contributed by atoms with Crippen LogP contribution < -0.4 is 4.68 Å². The molecule has 24 heavy (non-hydrogen) atoms. The van der Waals surface area contributed by atoms with Gasteiger partial charge in [0.2, 0.25) is 0 Å². The van der Waals surface area contributed by atoms with Crippen LogP contribution in [0.2, 0.25) is 0 Å². The maximum absolute atomic E-state index is 6.32. The summed E-state index contributed by atoms with van der Waals surface area (Å²) < 4.78 is 10.5. The Morgan fingerprint density at radius 3 is 2.62 bits per heavy atom. The highest BCUT2D eigenvalue weighted by atomic mass is 16.3. The lowest BCUT2D eigenvalue weighted by Crippen LogP contribution is -2.37. The quantitative estimate of drug-likeness (QED) is 0.412. The summed E-state index contributed by atoms with van der Waals surface area (Å²) in [6.45, 7) is 2.13. The van der Waals surface area contributed by atoms with Crippen LogP contribution in [0.1, 0.15) is 5.56 Å². The molecule has 0 N–H and O–H groups in total. The van der Waals surface area contributed by atoms with Crippen molar-refractivity contribution in [3.05, 3.63) is 72.6 Å². The Kier molecular flexibility index (Phi) is 2.63. The number of aromatic nitrogens is 2. The van der Waals surface area contributed by atoms with Crippen LogP contribution in [0.5, 0.6) is 0 Å². The number of rotatable bonds is 1. The van der Waals surface area contributed by atoms with Gasteiger partial charge in [0.15, 0.2) is 24.5 Å². The SMILES string of the molecule is Cc1ccc2c(oc3ccc4ccccc4c32)c1-n1ccc[n+]1C. The minimum atomic E-state index is 0.936. The third kappa shape index (κ3) is 1.69. The number of furan rings is 1. The maximum Gasteiger partial charge on any atom is 0.195 e. The first-order valence-corrected chi connectivity index (χ1v) is 8.11. The lowest BCUT2D eigenvalue weighted by atomic mass is 10.0. The van der Waals surface area contributed by atoms with Gasteiger partial charge in [-0.1, -0.05) is 42.5 Å². The fourth-order valence-electron chi connectivity index (χ4n) is 3.63. The van der Waals surface area contributed by atoms with Gasteiger partial charge in [-0.2, -0.15) is 0 Å². The summed E-state index contributed by atoms with van der Waals surface area (Å²) in [5.41, 5.74) is 4.16. The van der Waals surface area contributed by atoms with Gasteiger partial charge in [-0.15, -0.1) is 9.36 Å². The average molecular weight is 313 g/mol. The van der Waals surface area contributed by atoms with Gasteiger partial charge in [0.1, 0.15) is 5.58 Å². The highest BCUT2D eigenvalue weighted by molar-refractivity contribution is 6.19. The molecule has 0 unspecified atom stereocenters. The molecule has 0 spiro atoms. The van der Waals surface area contributed by atoms with E-state index in [0.717, 1.165) is 22.2 Å². The van der Waals surface area contributed by atoms with E-state index < -0.39 is 0 Å². The van der Waals surface area contributed by atoms with E-state index in [0.29, 0.717) is 0 Å². The zero-order valence-corrected chi connectivity index (χ0v) is 13.7. The highest BCUT2D eigenvalue weighted by Crippen LogP contribution is 2.37. The molecule has 3 heteroatoms. The summed E-state index contributed by atoms with van der Waals surface area (Å²) in [4.78, 5) is 0. The number of benzene rings is 3. The summed E-state index contributed by atoms with van der Waals surface area (Å²) in [5.74, 6) is 0. The molecule has 5 rings (SSSR count). The first kappa shape index (κ1) is 13.4. The second-order valence-corrected chi connectivity index (χ2v) is 6.28. The molecule has 3 aromatic carbocycles. The molecular formula is C21H17N2O+. The molecule has 0 aliphatic heterocycles. The average Bonchev–Trinajstić information content (AvgIpc) is 3.18. The Hall–Kier alpha value is -3.07. The molecule has 0 saturated heterocycles. The number of nitrogens with zero attached hydrogens (tertiary/aromatic N) is 2. The molecule has 0 aliphatic rings. The van der Waals surface area contributed by atoms with Gasteiger partial charge in [0.25, 0.3) is 0 Å². The van der Waals surface area contributed by atoms with Crippen molar-refractivity contribution in [2.45, 2.75) is 6.92 Å². The predicted molar refractivity (Wildman–Crippen MR) is 96.5 cm³/mol. The topological polar surface area (TPSA) is 21.9 Å². The van der Waals surface area contributed by atoms with E-state index in [2.05, 4.69) is 71.0 Å². The fourth-order valence-corrected chi connectivity index (χ4v) is 3.63. The highest BCUT2D eigenvalue weighted by Gasteiger charge is 2.19. The van der Waals surface area contributed by atoms with Gasteiger partial charge < -0.3 is 4.42 Å². The summed E-state index contributed by atoms with van der Waals surface area (Å²) in [6.07, 6.45) is 4.10. The summed E-state index contributed by atoms with van der Waals surface area (Å²) in [7, 11) is 2.04. The first-order valence-electron chi connectivity index (χ1n) is 8.11. The van der Waals surface area contributed by atoms with E-state index in [1.54, 1.807) is 0 Å². The van der Waals surface area contributed by atoms with Crippen LogP contribution in [0.15, 0.2) is 71.4 Å². The Labute approximate surface area is 139 Å². The normalized spacial score (nSPS) is 11.8. The minimum Gasteiger partial charge on any atom is -0.454 e. The van der Waals surface area contributed by atoms with E-state index in [1.165, 1.54) is 21.7 Å². The van der Waals surface area contributed by atoms with Crippen molar-refractivity contribution in [3.8, 4) is 5.69 Å². The Morgan fingerprint density at radius 2 is 1.79 bits per heavy atom. The first-order chi connectivity index (χ1) is 11.7. The standard InChI is InChI=1S/C21H17N2O/c1-14-8-10-17-19-16-7-4-3-6-15(16)9-11-18(19)24-21(17)20(14)23-13-5-12-22(23)2/h3-13H,1-2H3/q+1. The molecule has 2 heterocycles. The fraction of sp³-hybridized carbons (Fsp3) is 0.0952. The van der Waals surface area contributed by atoms with Gasteiger partial charge >= 0.3 is 0 Å². The van der Waals surface area contributed by atoms with Crippen molar-refractivity contribution in [3.63, 3.8) is 0 Å². The maximum atomic E-state index is 6.32. The Bertz CT molecular complexity index is 1230. The second kappa shape index (κ2) is 4.71. The van der Waals surface area contributed by atoms with Crippen molar-refractivity contribution in [1.29, 1.82) is 0 Å². The van der Waals surface area contributed by atoms with Gasteiger partial charge in [-0.3, -0.25) is 0 Å². The van der Waals surface area contributed by atoms with E-state index in [9.17, 15) is 0 Å². The van der Waals surface area contributed by atoms with Crippen LogP contribution >= 0.6 is 0 Å². The van der Waals surface area contributed by atoms with Crippen LogP contribution in [0.25, 0.3) is 38.4 Å². The van der Waals surface area contributed by atoms with Crippen LogP contribution in [-0.4, -0.2) is 4.68 Å². The summed E-state index contributed by atoms with van der Waals surface area (Å²) in [5, 5.41) is 4.83. The van der Waals surface area contributed by atoms with Crippen molar-refractivity contribution < 1.29 is 9.10 Å². The predicted octanol–water partition coefficient (Wildman–Crippen LogP) is 4.66. The monoisotopic (exact) mass is 313 g/mol. The molecule has 2 aromatic heterocycles. The van der Waals surface area contributed by atoms with E-state index >= 15 is 0 Å². The van der Waals surface area contributed by atoms with Crippen molar-refractivity contribution in [1.82, 2.24) is 4.68 Å². The lowest BCUT2D eigenvalue weighted by molar-refractivity contribution is -0.744. The summed E-state index contributed by atoms with van der Waals surface area (Å²) >= 11 is 0. The number of hydrogen-bond donors (Lipinski definition) is 0. The van der Waals surface area contributed by atoms with Crippen molar-refractivity contribution >= 4 is 32.7 Å². The molecule has 0 amide bonds. The van der Waals surface area contributed by atoms with Crippen LogP contribution in [0.4, 0.5) is 0 Å². The van der Waals surface area contributed by atoms with Gasteiger partial charge in [-0.25, -0.2) is 0 Å². The van der Waals surface area contributed by atoms with Crippen LogP contribution in [0, 0.1) is 6.92 Å². The molecule has 0 aliphatic carbocycles. The number of fused-ring (bicyclic) bond motifs is 5. The van der Waals surface area contributed by atoms with Gasteiger partial charge in [0.05, 0.1) is 6.20 Å². The van der Waals surface area contributed by atoms with Crippen LogP contribution in [0.3, 0.4) is 0 Å². The minimum absolute atomic E-state index is 0.936. The van der Waals surface area contributed by atoms with Gasteiger partial charge in [0, 0.05) is 16.8 Å². The van der Waals surface area contributed by atoms with Crippen LogP contribution in [-0.2, 0) is 7.05 Å². The smallest absolute Gasteiger partial charge is 0.195 e. The van der Waals surface area contributed by atoms with E-state index in [-0.39, 0.29) is 0 Å². The molecule has 0 radical (unpaired) electrons. The molecule has 0 atom stereocenters. The van der Waals surface area contributed by atoms with E-state index in [1.807, 2.05) is 19.3 Å². The molecule has 0 bridgehead atoms. The Balaban J connectivity index is 2.01. The number of hydrogen-bond acceptors (Lipinski definition) is 1. The Morgan fingerprint density at radius 1 is 0.917 bits per heavy atom. The molecule has 5 aromatic rings. The zero-order valence-electron chi connectivity index (χ0n) is 13.7. The largest absolute Gasteiger partial charge is 0.454 e. The second-order valence-electron chi connectivity index (χ2n) is 6.28. The van der Waals surface area contributed by atoms with Crippen molar-refractivity contribution in [2.75, 3.05) is 0 Å². The van der Waals surface area contributed by atoms with Crippen molar-refractivity contribution in [2.24, 2.45) is 7.05 Å². The molecule has 3 nitrogen and oxygen atoms in total. The molecule has 116 valence electrons.